The number of nitrogens with zero attached hydrogens (tertiary/aromatic N) is 1. The van der Waals surface area contributed by atoms with E-state index in [9.17, 15) is 4.79 Å². The SMILES string of the molecule is CN1CCCC1Cc1c[nH]c2ccc(CCC(N)=O)cc12. The number of fused-ring (bicyclic) bond motifs is 1. The van der Waals surface area contributed by atoms with Crippen LogP contribution in [0.5, 0.6) is 0 Å². The van der Waals surface area contributed by atoms with Crippen molar-refractivity contribution in [1.82, 2.24) is 9.88 Å². The van der Waals surface area contributed by atoms with Gasteiger partial charge in [0.05, 0.1) is 0 Å². The van der Waals surface area contributed by atoms with E-state index in [1.54, 1.807) is 0 Å². The van der Waals surface area contributed by atoms with E-state index < -0.39 is 0 Å². The van der Waals surface area contributed by atoms with Crippen molar-refractivity contribution in [1.29, 1.82) is 0 Å². The molecule has 0 aliphatic carbocycles. The number of aromatic amines is 1. The molecule has 1 fully saturated rings. The van der Waals surface area contributed by atoms with Crippen molar-refractivity contribution < 1.29 is 4.79 Å². The van der Waals surface area contributed by atoms with Gasteiger partial charge < -0.3 is 15.6 Å². The summed E-state index contributed by atoms with van der Waals surface area (Å²) in [5.74, 6) is -0.239. The average molecular weight is 285 g/mol. The number of rotatable bonds is 5. The first-order chi connectivity index (χ1) is 10.1. The molecule has 4 heteroatoms. The second-order valence-corrected chi connectivity index (χ2v) is 6.14. The predicted molar refractivity (Wildman–Crippen MR) is 85.2 cm³/mol. The number of nitrogens with two attached hydrogens (primary N) is 1. The van der Waals surface area contributed by atoms with Crippen molar-refractivity contribution in [2.75, 3.05) is 13.6 Å². The van der Waals surface area contributed by atoms with Crippen molar-refractivity contribution in [2.45, 2.75) is 38.1 Å². The lowest BCUT2D eigenvalue weighted by molar-refractivity contribution is -0.117. The number of carbonyl (C=O) groups excluding carboxylic acids is 1. The Morgan fingerprint density at radius 3 is 3.05 bits per heavy atom. The molecule has 1 aliphatic heterocycles. The van der Waals surface area contributed by atoms with Crippen LogP contribution in [0.4, 0.5) is 0 Å². The minimum absolute atomic E-state index is 0.239. The van der Waals surface area contributed by atoms with Crippen LogP contribution >= 0.6 is 0 Å². The molecular formula is C17H23N3O. The first-order valence-electron chi connectivity index (χ1n) is 7.71. The van der Waals surface area contributed by atoms with E-state index in [1.165, 1.54) is 41.4 Å². The number of aromatic nitrogens is 1. The molecule has 2 aromatic rings. The maximum atomic E-state index is 10.9. The maximum absolute atomic E-state index is 10.9. The third kappa shape index (κ3) is 3.10. The van der Waals surface area contributed by atoms with E-state index in [0.717, 1.165) is 12.8 Å². The van der Waals surface area contributed by atoms with Gasteiger partial charge in [0, 0.05) is 29.6 Å². The molecule has 0 spiro atoms. The van der Waals surface area contributed by atoms with E-state index in [-0.39, 0.29) is 5.91 Å². The molecule has 1 aliphatic rings. The summed E-state index contributed by atoms with van der Waals surface area (Å²) in [6, 6.07) is 7.04. The Hall–Kier alpha value is -1.81. The summed E-state index contributed by atoms with van der Waals surface area (Å²) in [5.41, 5.74) is 8.97. The van der Waals surface area contributed by atoms with Crippen molar-refractivity contribution in [3.05, 3.63) is 35.5 Å². The summed E-state index contributed by atoms with van der Waals surface area (Å²) in [6.45, 7) is 1.21. The van der Waals surface area contributed by atoms with Gasteiger partial charge in [-0.15, -0.1) is 0 Å². The molecule has 3 N–H and O–H groups in total. The van der Waals surface area contributed by atoms with Gasteiger partial charge in [-0.3, -0.25) is 4.79 Å². The highest BCUT2D eigenvalue weighted by molar-refractivity contribution is 5.84. The lowest BCUT2D eigenvalue weighted by Crippen LogP contribution is -2.26. The Morgan fingerprint density at radius 1 is 1.48 bits per heavy atom. The fraction of sp³-hybridized carbons (Fsp3) is 0.471. The van der Waals surface area contributed by atoms with Crippen LogP contribution in [0, 0.1) is 0 Å². The summed E-state index contributed by atoms with van der Waals surface area (Å²) < 4.78 is 0. The fourth-order valence-corrected chi connectivity index (χ4v) is 3.31. The largest absolute Gasteiger partial charge is 0.370 e. The number of nitrogens with one attached hydrogen (secondary N) is 1. The number of likely N-dealkylation sites (tertiary alicyclic amines) is 1. The monoisotopic (exact) mass is 285 g/mol. The van der Waals surface area contributed by atoms with Crippen molar-refractivity contribution >= 4 is 16.8 Å². The van der Waals surface area contributed by atoms with E-state index in [1.807, 2.05) is 0 Å². The molecule has 21 heavy (non-hydrogen) atoms. The van der Waals surface area contributed by atoms with Crippen LogP contribution in [-0.2, 0) is 17.6 Å². The Bertz CT molecular complexity index is 647. The Kier molecular flexibility index (Phi) is 3.97. The molecule has 112 valence electrons. The van der Waals surface area contributed by atoms with Crippen LogP contribution in [0.15, 0.2) is 24.4 Å². The number of hydrogen-bond donors (Lipinski definition) is 2. The molecule has 0 bridgehead atoms. The van der Waals surface area contributed by atoms with Crippen LogP contribution < -0.4 is 5.73 Å². The molecule has 1 atom stereocenters. The zero-order chi connectivity index (χ0) is 14.8. The molecule has 1 aromatic heterocycles. The van der Waals surface area contributed by atoms with Crippen molar-refractivity contribution in [2.24, 2.45) is 5.73 Å². The second kappa shape index (κ2) is 5.90. The summed E-state index contributed by atoms with van der Waals surface area (Å²) in [4.78, 5) is 16.7. The first kappa shape index (κ1) is 14.1. The Labute approximate surface area is 125 Å². The molecule has 1 amide bonds. The van der Waals surface area contributed by atoms with Gasteiger partial charge in [0.15, 0.2) is 0 Å². The minimum atomic E-state index is -0.239. The molecule has 1 unspecified atom stereocenters. The minimum Gasteiger partial charge on any atom is -0.370 e. The summed E-state index contributed by atoms with van der Waals surface area (Å²) in [7, 11) is 2.21. The average Bonchev–Trinajstić information content (AvgIpc) is 3.04. The molecule has 1 saturated heterocycles. The van der Waals surface area contributed by atoms with Crippen LogP contribution in [0.2, 0.25) is 0 Å². The maximum Gasteiger partial charge on any atom is 0.217 e. The van der Waals surface area contributed by atoms with Gasteiger partial charge in [0.2, 0.25) is 5.91 Å². The number of aryl methyl sites for hydroxylation is 1. The van der Waals surface area contributed by atoms with Gasteiger partial charge >= 0.3 is 0 Å². The first-order valence-corrected chi connectivity index (χ1v) is 7.71. The number of benzene rings is 1. The van der Waals surface area contributed by atoms with E-state index in [4.69, 9.17) is 5.73 Å². The highest BCUT2D eigenvalue weighted by atomic mass is 16.1. The van der Waals surface area contributed by atoms with Gasteiger partial charge in [0.1, 0.15) is 0 Å². The fourth-order valence-electron chi connectivity index (χ4n) is 3.31. The summed E-state index contributed by atoms with van der Waals surface area (Å²) >= 11 is 0. The summed E-state index contributed by atoms with van der Waals surface area (Å²) in [5, 5.41) is 1.29. The lowest BCUT2D eigenvalue weighted by Gasteiger charge is -2.18. The molecule has 4 nitrogen and oxygen atoms in total. The zero-order valence-electron chi connectivity index (χ0n) is 12.6. The van der Waals surface area contributed by atoms with Crippen LogP contribution in [0.1, 0.15) is 30.4 Å². The second-order valence-electron chi connectivity index (χ2n) is 6.14. The van der Waals surface area contributed by atoms with Crippen molar-refractivity contribution in [3.63, 3.8) is 0 Å². The topological polar surface area (TPSA) is 62.1 Å². The lowest BCUT2D eigenvalue weighted by atomic mass is 10.0. The number of carbonyl (C=O) groups is 1. The van der Waals surface area contributed by atoms with E-state index >= 15 is 0 Å². The summed E-state index contributed by atoms with van der Waals surface area (Å²) in [6.07, 6.45) is 6.94. The van der Waals surface area contributed by atoms with Gasteiger partial charge in [-0.1, -0.05) is 6.07 Å². The number of amides is 1. The third-order valence-electron chi connectivity index (χ3n) is 4.62. The van der Waals surface area contributed by atoms with E-state index in [2.05, 4.69) is 41.3 Å². The highest BCUT2D eigenvalue weighted by Gasteiger charge is 2.22. The van der Waals surface area contributed by atoms with Gasteiger partial charge in [-0.25, -0.2) is 0 Å². The van der Waals surface area contributed by atoms with Gasteiger partial charge in [-0.05, 0) is 62.5 Å². The van der Waals surface area contributed by atoms with Crippen LogP contribution in [-0.4, -0.2) is 35.4 Å². The van der Waals surface area contributed by atoms with E-state index in [0.29, 0.717) is 12.5 Å². The predicted octanol–water partition coefficient (Wildman–Crippen LogP) is 2.22. The number of H-pyrrole nitrogens is 1. The highest BCUT2D eigenvalue weighted by Crippen LogP contribution is 2.25. The number of likely N-dealkylation sites (N-methyl/N-ethyl adjacent to an activating group) is 1. The standard InChI is InChI=1S/C17H23N3O/c1-20-8-2-3-14(20)10-13-11-19-16-6-4-12(9-15(13)16)5-7-17(18)21/h4,6,9,11,14,19H,2-3,5,7-8,10H2,1H3,(H2,18,21). The Morgan fingerprint density at radius 2 is 2.33 bits per heavy atom. The number of hydrogen-bond acceptors (Lipinski definition) is 2. The third-order valence-corrected chi connectivity index (χ3v) is 4.62. The molecule has 3 rings (SSSR count). The molecule has 0 saturated carbocycles. The molecule has 0 radical (unpaired) electrons. The molecular weight excluding hydrogens is 262 g/mol. The number of primary amides is 1. The normalized spacial score (nSPS) is 19.4. The van der Waals surface area contributed by atoms with Gasteiger partial charge in [0.25, 0.3) is 0 Å². The van der Waals surface area contributed by atoms with Crippen molar-refractivity contribution in [3.8, 4) is 0 Å². The Balaban J connectivity index is 1.81. The smallest absolute Gasteiger partial charge is 0.217 e. The van der Waals surface area contributed by atoms with Crippen LogP contribution in [0.25, 0.3) is 10.9 Å². The van der Waals surface area contributed by atoms with Gasteiger partial charge in [-0.2, -0.15) is 0 Å². The zero-order valence-corrected chi connectivity index (χ0v) is 12.6. The molecule has 1 aromatic carbocycles. The quantitative estimate of drug-likeness (QED) is 0.885. The van der Waals surface area contributed by atoms with Crippen LogP contribution in [0.3, 0.4) is 0 Å². The molecule has 2 heterocycles.